The number of piperazine rings is 1. The van der Waals surface area contributed by atoms with E-state index < -0.39 is 0 Å². The maximum absolute atomic E-state index is 12.9. The number of ether oxygens (including phenoxy) is 1. The summed E-state index contributed by atoms with van der Waals surface area (Å²) in [6.07, 6.45) is 0. The fraction of sp³-hybridized carbons (Fsp3) is 0.286. The lowest BCUT2D eigenvalue weighted by Gasteiger charge is -2.34. The molecule has 1 aliphatic heterocycles. The highest BCUT2D eigenvalue weighted by atomic mass is 32.1. The SMILES string of the molecule is COc1ccc(CN2CCN(C(=O)c3ccc4c(=O)[nH]c(=S)[nH]c4c3)CC2)cc1. The Morgan fingerprint density at radius 2 is 1.79 bits per heavy atom. The molecule has 1 amide bonds. The fourth-order valence-electron chi connectivity index (χ4n) is 3.58. The number of hydrogen-bond donors (Lipinski definition) is 2. The largest absolute Gasteiger partial charge is 0.497 e. The van der Waals surface area contributed by atoms with Crippen LogP contribution >= 0.6 is 12.2 Å². The van der Waals surface area contributed by atoms with Crippen LogP contribution in [0.1, 0.15) is 15.9 Å². The summed E-state index contributed by atoms with van der Waals surface area (Å²) in [5, 5.41) is 0.486. The normalized spacial score (nSPS) is 14.9. The van der Waals surface area contributed by atoms with Crippen molar-refractivity contribution in [3.63, 3.8) is 0 Å². The maximum Gasteiger partial charge on any atom is 0.259 e. The van der Waals surface area contributed by atoms with Crippen LogP contribution in [0.25, 0.3) is 10.9 Å². The van der Waals surface area contributed by atoms with E-state index in [-0.39, 0.29) is 16.2 Å². The highest BCUT2D eigenvalue weighted by Gasteiger charge is 2.22. The van der Waals surface area contributed by atoms with Gasteiger partial charge in [0.1, 0.15) is 5.75 Å². The minimum atomic E-state index is -0.255. The van der Waals surface area contributed by atoms with Crippen LogP contribution in [0, 0.1) is 4.77 Å². The first-order valence-electron chi connectivity index (χ1n) is 9.44. The second kappa shape index (κ2) is 8.18. The summed E-state index contributed by atoms with van der Waals surface area (Å²) in [7, 11) is 1.66. The number of nitrogens with zero attached hydrogens (tertiary/aromatic N) is 2. The van der Waals surface area contributed by atoms with Gasteiger partial charge in [-0.15, -0.1) is 0 Å². The van der Waals surface area contributed by atoms with Crippen LogP contribution < -0.4 is 10.3 Å². The Bertz CT molecular complexity index is 1150. The summed E-state index contributed by atoms with van der Waals surface area (Å²) in [5.74, 6) is 0.817. The van der Waals surface area contributed by atoms with Crippen molar-refractivity contribution in [2.75, 3.05) is 33.3 Å². The number of amides is 1. The Kier molecular flexibility index (Phi) is 5.46. The van der Waals surface area contributed by atoms with Crippen molar-refractivity contribution in [1.82, 2.24) is 19.8 Å². The topological polar surface area (TPSA) is 81.4 Å². The molecule has 0 aliphatic carbocycles. The van der Waals surface area contributed by atoms with Crippen molar-refractivity contribution in [3.05, 3.63) is 68.7 Å². The third kappa shape index (κ3) is 4.23. The van der Waals surface area contributed by atoms with Gasteiger partial charge in [-0.1, -0.05) is 12.1 Å². The van der Waals surface area contributed by atoms with E-state index >= 15 is 0 Å². The molecule has 1 aromatic heterocycles. The first kappa shape index (κ1) is 19.4. The van der Waals surface area contributed by atoms with Crippen molar-refractivity contribution >= 4 is 29.0 Å². The molecular formula is C21H22N4O3S. The van der Waals surface area contributed by atoms with E-state index in [0.29, 0.717) is 29.6 Å². The molecule has 0 spiro atoms. The molecule has 1 aliphatic rings. The zero-order valence-electron chi connectivity index (χ0n) is 16.1. The Balaban J connectivity index is 1.41. The summed E-state index contributed by atoms with van der Waals surface area (Å²) in [5.41, 5.74) is 2.09. The van der Waals surface area contributed by atoms with Gasteiger partial charge in [-0.25, -0.2) is 0 Å². The van der Waals surface area contributed by atoms with Crippen molar-refractivity contribution in [2.24, 2.45) is 0 Å². The van der Waals surface area contributed by atoms with Crippen LogP contribution in [0.4, 0.5) is 0 Å². The predicted octanol–water partition coefficient (Wildman–Crippen LogP) is 2.55. The second-order valence-electron chi connectivity index (χ2n) is 7.09. The molecule has 0 unspecified atom stereocenters. The molecule has 1 fully saturated rings. The van der Waals surface area contributed by atoms with Gasteiger partial charge in [0.25, 0.3) is 11.5 Å². The highest BCUT2D eigenvalue weighted by Crippen LogP contribution is 2.16. The van der Waals surface area contributed by atoms with Crippen LogP contribution in [0.3, 0.4) is 0 Å². The fourth-order valence-corrected chi connectivity index (χ4v) is 3.79. The van der Waals surface area contributed by atoms with Gasteiger partial charge >= 0.3 is 0 Å². The van der Waals surface area contributed by atoms with E-state index in [4.69, 9.17) is 17.0 Å². The molecule has 2 heterocycles. The number of nitrogens with one attached hydrogen (secondary N) is 2. The van der Waals surface area contributed by atoms with Crippen molar-refractivity contribution in [2.45, 2.75) is 6.54 Å². The minimum Gasteiger partial charge on any atom is -0.497 e. The molecule has 150 valence electrons. The Morgan fingerprint density at radius 1 is 1.07 bits per heavy atom. The van der Waals surface area contributed by atoms with Gasteiger partial charge in [0.05, 0.1) is 18.0 Å². The van der Waals surface area contributed by atoms with Crippen molar-refractivity contribution in [3.8, 4) is 5.75 Å². The van der Waals surface area contributed by atoms with Gasteiger partial charge in [-0.2, -0.15) is 0 Å². The van der Waals surface area contributed by atoms with Gasteiger partial charge < -0.3 is 14.6 Å². The predicted molar refractivity (Wildman–Crippen MR) is 114 cm³/mol. The molecule has 0 atom stereocenters. The number of benzene rings is 2. The molecule has 3 aromatic rings. The third-order valence-electron chi connectivity index (χ3n) is 5.21. The number of rotatable bonds is 4. The number of hydrogen-bond acceptors (Lipinski definition) is 5. The first-order valence-corrected chi connectivity index (χ1v) is 9.85. The van der Waals surface area contributed by atoms with E-state index in [0.717, 1.165) is 25.4 Å². The smallest absolute Gasteiger partial charge is 0.259 e. The molecule has 0 bridgehead atoms. The van der Waals surface area contributed by atoms with Crippen LogP contribution in [-0.2, 0) is 6.54 Å². The molecule has 0 saturated carbocycles. The summed E-state index contributed by atoms with van der Waals surface area (Å²) >= 11 is 5.02. The van der Waals surface area contributed by atoms with Crippen LogP contribution in [-0.4, -0.2) is 59.0 Å². The Morgan fingerprint density at radius 3 is 2.48 bits per heavy atom. The van der Waals surface area contributed by atoms with E-state index in [9.17, 15) is 9.59 Å². The van der Waals surface area contributed by atoms with Gasteiger partial charge in [0.15, 0.2) is 4.77 Å². The van der Waals surface area contributed by atoms with Gasteiger partial charge in [0.2, 0.25) is 0 Å². The molecule has 2 aromatic carbocycles. The van der Waals surface area contributed by atoms with E-state index in [1.165, 1.54) is 5.56 Å². The van der Waals surface area contributed by atoms with E-state index in [2.05, 4.69) is 27.0 Å². The highest BCUT2D eigenvalue weighted by molar-refractivity contribution is 7.71. The lowest BCUT2D eigenvalue weighted by atomic mass is 10.1. The molecule has 1 saturated heterocycles. The first-order chi connectivity index (χ1) is 14.0. The van der Waals surface area contributed by atoms with Crippen molar-refractivity contribution in [1.29, 1.82) is 0 Å². The van der Waals surface area contributed by atoms with Gasteiger partial charge in [-0.05, 0) is 48.1 Å². The number of aromatic amines is 2. The summed E-state index contributed by atoms with van der Waals surface area (Å²) in [6.45, 7) is 3.80. The molecule has 2 N–H and O–H groups in total. The number of aromatic nitrogens is 2. The number of fused-ring (bicyclic) bond motifs is 1. The summed E-state index contributed by atoms with van der Waals surface area (Å²) < 4.78 is 5.45. The molecule has 4 rings (SSSR count). The Labute approximate surface area is 172 Å². The maximum atomic E-state index is 12.9. The lowest BCUT2D eigenvalue weighted by Crippen LogP contribution is -2.48. The molecule has 29 heavy (non-hydrogen) atoms. The third-order valence-corrected chi connectivity index (χ3v) is 5.42. The lowest BCUT2D eigenvalue weighted by molar-refractivity contribution is 0.0628. The average molecular weight is 410 g/mol. The van der Waals surface area contributed by atoms with Gasteiger partial charge in [-0.3, -0.25) is 19.5 Å². The number of carbonyl (C=O) groups is 1. The van der Waals surface area contributed by atoms with Crippen LogP contribution in [0.15, 0.2) is 47.3 Å². The minimum absolute atomic E-state index is 0.0319. The van der Waals surface area contributed by atoms with Crippen LogP contribution in [0.2, 0.25) is 0 Å². The Hall–Kier alpha value is -2.97. The summed E-state index contributed by atoms with van der Waals surface area (Å²) in [6, 6.07) is 13.1. The standard InChI is InChI=1S/C21H22N4O3S/c1-28-16-5-2-14(3-6-16)13-24-8-10-25(11-9-24)20(27)15-4-7-17-18(12-15)22-21(29)23-19(17)26/h2-7,12H,8-11,13H2,1H3,(H2,22,23,26,29). The number of methoxy groups -OCH3 is 1. The number of carbonyl (C=O) groups excluding carboxylic acids is 1. The summed E-state index contributed by atoms with van der Waals surface area (Å²) in [4.78, 5) is 34.6. The molecule has 8 heteroatoms. The average Bonchev–Trinajstić information content (AvgIpc) is 2.74. The monoisotopic (exact) mass is 410 g/mol. The van der Waals surface area contributed by atoms with Crippen LogP contribution in [0.5, 0.6) is 5.75 Å². The zero-order chi connectivity index (χ0) is 20.4. The number of H-pyrrole nitrogens is 2. The molecule has 7 nitrogen and oxygen atoms in total. The van der Waals surface area contributed by atoms with Gasteiger partial charge in [0, 0.05) is 38.3 Å². The zero-order valence-corrected chi connectivity index (χ0v) is 16.9. The van der Waals surface area contributed by atoms with E-state index in [1.54, 1.807) is 25.3 Å². The van der Waals surface area contributed by atoms with E-state index in [1.807, 2.05) is 17.0 Å². The molecule has 0 radical (unpaired) electrons. The second-order valence-corrected chi connectivity index (χ2v) is 7.49. The van der Waals surface area contributed by atoms with Crippen molar-refractivity contribution < 1.29 is 9.53 Å². The quantitative estimate of drug-likeness (QED) is 0.646. The molecular weight excluding hydrogens is 388 g/mol.